The van der Waals surface area contributed by atoms with Crippen molar-refractivity contribution in [2.45, 2.75) is 20.3 Å². The Kier molecular flexibility index (Phi) is 4.15. The van der Waals surface area contributed by atoms with E-state index in [0.29, 0.717) is 0 Å². The van der Waals surface area contributed by atoms with Gasteiger partial charge in [0, 0.05) is 18.3 Å². The highest BCUT2D eigenvalue weighted by Gasteiger charge is 2.00. The molecular weight excluding hydrogens is 246 g/mol. The Morgan fingerprint density at radius 3 is 2.67 bits per heavy atom. The fraction of sp³-hybridized carbons (Fsp3) is 0.286. The lowest BCUT2D eigenvalue weighted by Crippen LogP contribution is -2.08. The SMILES string of the molecule is Cc1cc(NCCc2ccccc2C)nc(Cl)n1. The molecule has 0 spiro atoms. The highest BCUT2D eigenvalue weighted by atomic mass is 35.5. The van der Waals surface area contributed by atoms with E-state index in [1.807, 2.05) is 13.0 Å². The van der Waals surface area contributed by atoms with Gasteiger partial charge in [-0.05, 0) is 43.0 Å². The minimum absolute atomic E-state index is 0.286. The molecule has 2 rings (SSSR count). The number of nitrogens with one attached hydrogen (secondary N) is 1. The zero-order valence-electron chi connectivity index (χ0n) is 10.6. The smallest absolute Gasteiger partial charge is 0.224 e. The van der Waals surface area contributed by atoms with Crippen molar-refractivity contribution in [3.05, 3.63) is 52.4 Å². The van der Waals surface area contributed by atoms with Crippen LogP contribution < -0.4 is 5.32 Å². The normalized spacial score (nSPS) is 10.4. The van der Waals surface area contributed by atoms with Gasteiger partial charge in [-0.25, -0.2) is 9.97 Å². The molecule has 0 radical (unpaired) electrons. The van der Waals surface area contributed by atoms with Gasteiger partial charge in [-0.3, -0.25) is 0 Å². The molecule has 0 aliphatic heterocycles. The van der Waals surface area contributed by atoms with Crippen LogP contribution in [-0.4, -0.2) is 16.5 Å². The fourth-order valence-corrected chi connectivity index (χ4v) is 2.06. The van der Waals surface area contributed by atoms with Crippen molar-refractivity contribution in [3.8, 4) is 0 Å². The largest absolute Gasteiger partial charge is 0.370 e. The molecule has 1 aromatic heterocycles. The lowest BCUT2D eigenvalue weighted by molar-refractivity contribution is 0.983. The van der Waals surface area contributed by atoms with E-state index in [2.05, 4.69) is 46.5 Å². The van der Waals surface area contributed by atoms with E-state index in [-0.39, 0.29) is 5.28 Å². The third kappa shape index (κ3) is 3.44. The summed E-state index contributed by atoms with van der Waals surface area (Å²) in [6.45, 7) is 4.86. The van der Waals surface area contributed by atoms with Gasteiger partial charge in [-0.2, -0.15) is 0 Å². The quantitative estimate of drug-likeness (QED) is 0.858. The van der Waals surface area contributed by atoms with Crippen molar-refractivity contribution < 1.29 is 0 Å². The number of aryl methyl sites for hydroxylation is 2. The summed E-state index contributed by atoms with van der Waals surface area (Å²) in [6, 6.07) is 10.3. The van der Waals surface area contributed by atoms with Gasteiger partial charge in [0.25, 0.3) is 0 Å². The zero-order chi connectivity index (χ0) is 13.0. The van der Waals surface area contributed by atoms with Crippen LogP contribution in [0.5, 0.6) is 0 Å². The second kappa shape index (κ2) is 5.83. The highest BCUT2D eigenvalue weighted by molar-refractivity contribution is 6.28. The van der Waals surface area contributed by atoms with Crippen LogP contribution in [0.25, 0.3) is 0 Å². The van der Waals surface area contributed by atoms with Crippen molar-refractivity contribution >= 4 is 17.4 Å². The van der Waals surface area contributed by atoms with Gasteiger partial charge in [-0.15, -0.1) is 0 Å². The average Bonchev–Trinajstić information content (AvgIpc) is 2.30. The number of aromatic nitrogens is 2. The predicted molar refractivity (Wildman–Crippen MR) is 75.2 cm³/mol. The van der Waals surface area contributed by atoms with E-state index >= 15 is 0 Å². The van der Waals surface area contributed by atoms with Crippen LogP contribution in [0, 0.1) is 13.8 Å². The summed E-state index contributed by atoms with van der Waals surface area (Å²) in [5.41, 5.74) is 3.53. The van der Waals surface area contributed by atoms with E-state index in [0.717, 1.165) is 24.5 Å². The minimum atomic E-state index is 0.286. The first-order valence-corrected chi connectivity index (χ1v) is 6.32. The predicted octanol–water partition coefficient (Wildman–Crippen LogP) is 3.40. The lowest BCUT2D eigenvalue weighted by atomic mass is 10.1. The van der Waals surface area contributed by atoms with Crippen molar-refractivity contribution in [1.29, 1.82) is 0 Å². The molecule has 0 unspecified atom stereocenters. The average molecular weight is 262 g/mol. The third-order valence-electron chi connectivity index (χ3n) is 2.79. The molecule has 0 bridgehead atoms. The molecule has 0 aliphatic rings. The lowest BCUT2D eigenvalue weighted by Gasteiger charge is -2.08. The van der Waals surface area contributed by atoms with Gasteiger partial charge >= 0.3 is 0 Å². The number of anilines is 1. The van der Waals surface area contributed by atoms with Crippen LogP contribution in [0.1, 0.15) is 16.8 Å². The maximum Gasteiger partial charge on any atom is 0.224 e. The highest BCUT2D eigenvalue weighted by Crippen LogP contribution is 2.11. The Hall–Kier alpha value is -1.61. The van der Waals surface area contributed by atoms with Crippen molar-refractivity contribution in [3.63, 3.8) is 0 Å². The molecule has 0 fully saturated rings. The molecule has 0 aliphatic carbocycles. The molecule has 2 aromatic rings. The monoisotopic (exact) mass is 261 g/mol. The minimum Gasteiger partial charge on any atom is -0.370 e. The fourth-order valence-electron chi connectivity index (χ4n) is 1.84. The summed E-state index contributed by atoms with van der Waals surface area (Å²) < 4.78 is 0. The summed E-state index contributed by atoms with van der Waals surface area (Å²) in [5.74, 6) is 0.779. The molecule has 1 aromatic carbocycles. The second-order valence-corrected chi connectivity index (χ2v) is 4.60. The van der Waals surface area contributed by atoms with Gasteiger partial charge in [0.05, 0.1) is 0 Å². The molecule has 1 heterocycles. The number of benzene rings is 1. The number of hydrogen-bond donors (Lipinski definition) is 1. The van der Waals surface area contributed by atoms with Crippen LogP contribution in [0.4, 0.5) is 5.82 Å². The van der Waals surface area contributed by atoms with Crippen LogP contribution in [0.3, 0.4) is 0 Å². The summed E-state index contributed by atoms with van der Waals surface area (Å²) in [5, 5.41) is 3.55. The van der Waals surface area contributed by atoms with Crippen LogP contribution in [0.15, 0.2) is 30.3 Å². The molecule has 0 saturated carbocycles. The van der Waals surface area contributed by atoms with Crippen LogP contribution in [-0.2, 0) is 6.42 Å². The van der Waals surface area contributed by atoms with E-state index in [9.17, 15) is 0 Å². The van der Waals surface area contributed by atoms with Crippen LogP contribution >= 0.6 is 11.6 Å². The molecule has 4 heteroatoms. The van der Waals surface area contributed by atoms with Crippen molar-refractivity contribution in [2.75, 3.05) is 11.9 Å². The number of nitrogens with zero attached hydrogens (tertiary/aromatic N) is 2. The van der Waals surface area contributed by atoms with E-state index in [4.69, 9.17) is 11.6 Å². The number of halogens is 1. The van der Waals surface area contributed by atoms with E-state index < -0.39 is 0 Å². The Balaban J connectivity index is 1.94. The summed E-state index contributed by atoms with van der Waals surface area (Å²) in [6.07, 6.45) is 0.966. The van der Waals surface area contributed by atoms with E-state index in [1.165, 1.54) is 11.1 Å². The molecule has 94 valence electrons. The second-order valence-electron chi connectivity index (χ2n) is 4.27. The standard InChI is InChI=1S/C14H16ClN3/c1-10-5-3-4-6-12(10)7-8-16-13-9-11(2)17-14(15)18-13/h3-6,9H,7-8H2,1-2H3,(H,16,17,18). The Morgan fingerprint density at radius 1 is 1.17 bits per heavy atom. The first kappa shape index (κ1) is 12.8. The maximum absolute atomic E-state index is 5.81. The zero-order valence-corrected chi connectivity index (χ0v) is 11.3. The van der Waals surface area contributed by atoms with Gasteiger partial charge in [0.2, 0.25) is 5.28 Å². The first-order chi connectivity index (χ1) is 8.65. The van der Waals surface area contributed by atoms with Crippen molar-refractivity contribution in [1.82, 2.24) is 9.97 Å². The maximum atomic E-state index is 5.81. The molecule has 18 heavy (non-hydrogen) atoms. The molecule has 0 amide bonds. The number of hydrogen-bond acceptors (Lipinski definition) is 3. The Morgan fingerprint density at radius 2 is 1.94 bits per heavy atom. The summed E-state index contributed by atoms with van der Waals surface area (Å²) in [4.78, 5) is 8.16. The molecule has 3 nitrogen and oxygen atoms in total. The Bertz CT molecular complexity index is 520. The van der Waals surface area contributed by atoms with Crippen molar-refractivity contribution in [2.24, 2.45) is 0 Å². The van der Waals surface area contributed by atoms with Gasteiger partial charge in [0.1, 0.15) is 5.82 Å². The molecular formula is C14H16ClN3. The topological polar surface area (TPSA) is 37.8 Å². The van der Waals surface area contributed by atoms with Crippen LogP contribution in [0.2, 0.25) is 5.28 Å². The first-order valence-electron chi connectivity index (χ1n) is 5.95. The Labute approximate surface area is 112 Å². The van der Waals surface area contributed by atoms with Gasteiger partial charge < -0.3 is 5.32 Å². The third-order valence-corrected chi connectivity index (χ3v) is 2.96. The molecule has 0 saturated heterocycles. The number of rotatable bonds is 4. The summed E-state index contributed by atoms with van der Waals surface area (Å²) >= 11 is 5.81. The van der Waals surface area contributed by atoms with Gasteiger partial charge in [-0.1, -0.05) is 24.3 Å². The summed E-state index contributed by atoms with van der Waals surface area (Å²) in [7, 11) is 0. The molecule has 1 N–H and O–H groups in total. The molecule has 0 atom stereocenters. The van der Waals surface area contributed by atoms with E-state index in [1.54, 1.807) is 0 Å². The van der Waals surface area contributed by atoms with Gasteiger partial charge in [0.15, 0.2) is 0 Å².